The van der Waals surface area contributed by atoms with Crippen molar-refractivity contribution in [2.75, 3.05) is 4.72 Å². The van der Waals surface area contributed by atoms with Crippen LogP contribution in [0.2, 0.25) is 0 Å². The number of para-hydroxylation sites is 1. The van der Waals surface area contributed by atoms with Crippen LogP contribution in [0.25, 0.3) is 0 Å². The topological polar surface area (TPSA) is 46.2 Å². The zero-order valence-corrected chi connectivity index (χ0v) is 13.4. The van der Waals surface area contributed by atoms with Crippen molar-refractivity contribution in [3.8, 4) is 0 Å². The minimum atomic E-state index is -3.97. The van der Waals surface area contributed by atoms with Crippen LogP contribution in [0.1, 0.15) is 0 Å². The Hall–Kier alpha value is -0.920. The number of hydrogen-bond acceptors (Lipinski definition) is 2. The molecule has 2 aromatic rings. The average molecular weight is 409 g/mol. The fraction of sp³-hybridized carbons (Fsp3) is 0. The Bertz CT molecular complexity index is 699. The van der Waals surface area contributed by atoms with Crippen LogP contribution in [0.3, 0.4) is 0 Å². The summed E-state index contributed by atoms with van der Waals surface area (Å²) in [6.07, 6.45) is 0. The molecule has 3 nitrogen and oxygen atoms in total. The first kappa shape index (κ1) is 14.5. The van der Waals surface area contributed by atoms with Crippen LogP contribution < -0.4 is 4.72 Å². The predicted octanol–water partition coefficient (Wildman–Crippen LogP) is 4.15. The summed E-state index contributed by atoms with van der Waals surface area (Å²) in [5.41, 5.74) is 0.325. The van der Waals surface area contributed by atoms with Crippen LogP contribution in [0.4, 0.5) is 10.1 Å². The Morgan fingerprint density at radius 1 is 0.947 bits per heavy atom. The largest absolute Gasteiger partial charge is 0.277 e. The molecule has 0 aromatic heterocycles. The van der Waals surface area contributed by atoms with Gasteiger partial charge in [0.2, 0.25) is 0 Å². The van der Waals surface area contributed by atoms with Crippen molar-refractivity contribution in [1.29, 1.82) is 0 Å². The van der Waals surface area contributed by atoms with Crippen LogP contribution in [0.15, 0.2) is 56.3 Å². The Morgan fingerprint density at radius 2 is 1.53 bits per heavy atom. The lowest BCUT2D eigenvalue weighted by Gasteiger charge is -2.11. The van der Waals surface area contributed by atoms with Crippen molar-refractivity contribution in [2.45, 2.75) is 4.90 Å². The molecule has 0 saturated carbocycles. The van der Waals surface area contributed by atoms with E-state index in [1.807, 2.05) is 0 Å². The number of nitrogens with one attached hydrogen (secondary N) is 1. The van der Waals surface area contributed by atoms with Crippen molar-refractivity contribution in [3.63, 3.8) is 0 Å². The third-order valence-electron chi connectivity index (χ3n) is 2.33. The predicted molar refractivity (Wildman–Crippen MR) is 79.1 cm³/mol. The maximum atomic E-state index is 13.5. The quantitative estimate of drug-likeness (QED) is 0.828. The van der Waals surface area contributed by atoms with Crippen molar-refractivity contribution in [1.82, 2.24) is 0 Å². The molecule has 2 rings (SSSR count). The minimum Gasteiger partial charge on any atom is -0.277 e. The summed E-state index contributed by atoms with van der Waals surface area (Å²) in [4.78, 5) is -0.391. The Labute approximate surface area is 127 Å². The van der Waals surface area contributed by atoms with Gasteiger partial charge in [0.25, 0.3) is 10.0 Å². The molecule has 0 aliphatic rings. The maximum Gasteiger partial charge on any atom is 0.264 e. The molecule has 0 spiro atoms. The fourth-order valence-electron chi connectivity index (χ4n) is 1.45. The van der Waals surface area contributed by atoms with Crippen molar-refractivity contribution in [3.05, 3.63) is 57.2 Å². The molecule has 0 radical (unpaired) electrons. The second kappa shape index (κ2) is 5.60. The first-order valence-corrected chi connectivity index (χ1v) is 8.20. The molecule has 0 aliphatic heterocycles. The van der Waals surface area contributed by atoms with Crippen LogP contribution in [0.5, 0.6) is 0 Å². The van der Waals surface area contributed by atoms with E-state index in [1.54, 1.807) is 18.2 Å². The average Bonchev–Trinajstić information content (AvgIpc) is 2.34. The van der Waals surface area contributed by atoms with Gasteiger partial charge in [-0.25, -0.2) is 12.8 Å². The third kappa shape index (κ3) is 3.16. The highest BCUT2D eigenvalue weighted by Gasteiger charge is 2.20. The molecular weight excluding hydrogens is 401 g/mol. The molecule has 100 valence electrons. The lowest BCUT2D eigenvalue weighted by atomic mass is 10.3. The lowest BCUT2D eigenvalue weighted by molar-refractivity contribution is 0.570. The molecular formula is C12H8Br2FNO2S. The summed E-state index contributed by atoms with van der Waals surface area (Å²) < 4.78 is 41.3. The normalized spacial score (nSPS) is 11.3. The molecule has 0 unspecified atom stereocenters. The van der Waals surface area contributed by atoms with E-state index < -0.39 is 20.7 Å². The highest BCUT2D eigenvalue weighted by molar-refractivity contribution is 9.11. The van der Waals surface area contributed by atoms with Crippen LogP contribution >= 0.6 is 31.9 Å². The van der Waals surface area contributed by atoms with Gasteiger partial charge >= 0.3 is 0 Å². The Balaban J connectivity index is 2.46. The van der Waals surface area contributed by atoms with Gasteiger partial charge in [0.1, 0.15) is 10.7 Å². The summed E-state index contributed by atoms with van der Waals surface area (Å²) in [6, 6.07) is 10.3. The number of benzene rings is 2. The molecule has 0 aliphatic carbocycles. The summed E-state index contributed by atoms with van der Waals surface area (Å²) in [7, 11) is -3.97. The van der Waals surface area contributed by atoms with Crippen molar-refractivity contribution in [2.24, 2.45) is 0 Å². The summed E-state index contributed by atoms with van der Waals surface area (Å²) in [6.45, 7) is 0. The first-order valence-electron chi connectivity index (χ1n) is 5.13. The number of sulfonamides is 1. The van der Waals surface area contributed by atoms with Gasteiger partial charge < -0.3 is 0 Å². The highest BCUT2D eigenvalue weighted by atomic mass is 79.9. The second-order valence-electron chi connectivity index (χ2n) is 3.63. The van der Waals surface area contributed by atoms with E-state index in [1.165, 1.54) is 18.2 Å². The van der Waals surface area contributed by atoms with Crippen LogP contribution in [-0.2, 0) is 10.0 Å². The van der Waals surface area contributed by atoms with Crippen molar-refractivity contribution >= 4 is 47.6 Å². The van der Waals surface area contributed by atoms with Gasteiger partial charge in [-0.1, -0.05) is 18.2 Å². The number of hydrogen-bond donors (Lipinski definition) is 1. The van der Waals surface area contributed by atoms with Gasteiger partial charge in [0.15, 0.2) is 0 Å². The Kier molecular flexibility index (Phi) is 4.27. The van der Waals surface area contributed by atoms with E-state index >= 15 is 0 Å². The number of rotatable bonds is 3. The molecule has 0 heterocycles. The zero-order valence-electron chi connectivity index (χ0n) is 9.40. The molecule has 7 heteroatoms. The number of anilines is 1. The minimum absolute atomic E-state index is 0.325. The standard InChI is InChI=1S/C12H8Br2FNO2S/c13-8-4-3-5-9(14)12(8)16-19(17,18)11-7-2-1-6-10(11)15/h1-7,16H. The van der Waals surface area contributed by atoms with E-state index in [4.69, 9.17) is 0 Å². The molecule has 0 saturated heterocycles. The smallest absolute Gasteiger partial charge is 0.264 e. The highest BCUT2D eigenvalue weighted by Crippen LogP contribution is 2.32. The van der Waals surface area contributed by atoms with Crippen LogP contribution in [0, 0.1) is 5.82 Å². The lowest BCUT2D eigenvalue weighted by Crippen LogP contribution is -2.15. The Morgan fingerprint density at radius 3 is 2.11 bits per heavy atom. The van der Waals surface area contributed by atoms with E-state index in [9.17, 15) is 12.8 Å². The van der Waals surface area contributed by atoms with Gasteiger partial charge in [-0.05, 0) is 56.1 Å². The third-order valence-corrected chi connectivity index (χ3v) is 5.03. The fourth-order valence-corrected chi connectivity index (χ4v) is 4.09. The monoisotopic (exact) mass is 407 g/mol. The molecule has 0 fully saturated rings. The van der Waals surface area contributed by atoms with Gasteiger partial charge in [0.05, 0.1) is 5.69 Å². The summed E-state index contributed by atoms with van der Waals surface area (Å²) >= 11 is 6.48. The van der Waals surface area contributed by atoms with E-state index in [0.717, 1.165) is 6.07 Å². The van der Waals surface area contributed by atoms with E-state index in [2.05, 4.69) is 36.6 Å². The molecule has 0 bridgehead atoms. The molecule has 0 atom stereocenters. The SMILES string of the molecule is O=S(=O)(Nc1c(Br)cccc1Br)c1ccccc1F. The molecule has 0 amide bonds. The van der Waals surface area contributed by atoms with Gasteiger partial charge in [-0.3, -0.25) is 4.72 Å². The van der Waals surface area contributed by atoms with Gasteiger partial charge in [-0.2, -0.15) is 0 Å². The van der Waals surface area contributed by atoms with E-state index in [-0.39, 0.29) is 0 Å². The van der Waals surface area contributed by atoms with Gasteiger partial charge in [-0.15, -0.1) is 0 Å². The molecule has 19 heavy (non-hydrogen) atoms. The first-order chi connectivity index (χ1) is 8.92. The second-order valence-corrected chi connectivity index (χ2v) is 6.99. The van der Waals surface area contributed by atoms with E-state index in [0.29, 0.717) is 14.6 Å². The molecule has 1 N–H and O–H groups in total. The van der Waals surface area contributed by atoms with Gasteiger partial charge in [0, 0.05) is 8.95 Å². The number of halogens is 3. The summed E-state index contributed by atoms with van der Waals surface area (Å²) in [5, 5.41) is 0. The zero-order chi connectivity index (χ0) is 14.0. The summed E-state index contributed by atoms with van der Waals surface area (Å²) in [5.74, 6) is -0.793. The van der Waals surface area contributed by atoms with Crippen molar-refractivity contribution < 1.29 is 12.8 Å². The maximum absolute atomic E-state index is 13.5. The molecule has 2 aromatic carbocycles. The van der Waals surface area contributed by atoms with Crippen LogP contribution in [-0.4, -0.2) is 8.42 Å².